The van der Waals surface area contributed by atoms with Crippen molar-refractivity contribution in [1.29, 1.82) is 0 Å². The van der Waals surface area contributed by atoms with E-state index in [1.807, 2.05) is 37.3 Å². The molecule has 2 aromatic heterocycles. The lowest BCUT2D eigenvalue weighted by Gasteiger charge is -2.01. The van der Waals surface area contributed by atoms with Gasteiger partial charge in [0.1, 0.15) is 0 Å². The third-order valence-electron chi connectivity index (χ3n) is 3.99. The molecule has 146 valence electrons. The molecule has 8 heteroatoms. The van der Waals surface area contributed by atoms with Crippen LogP contribution in [0.4, 0.5) is 6.01 Å². The van der Waals surface area contributed by atoms with Crippen LogP contribution in [0.2, 0.25) is 5.02 Å². The van der Waals surface area contributed by atoms with E-state index in [1.165, 1.54) is 6.08 Å². The Kier molecular flexibility index (Phi) is 5.31. The molecule has 2 aromatic carbocycles. The average molecular weight is 410 g/mol. The second-order valence-corrected chi connectivity index (χ2v) is 6.38. The first-order valence-electron chi connectivity index (χ1n) is 8.87. The maximum absolute atomic E-state index is 12.1. The van der Waals surface area contributed by atoms with Crippen molar-refractivity contribution in [3.05, 3.63) is 65.2 Å². The Morgan fingerprint density at radius 1 is 1.17 bits per heavy atom. The molecule has 0 bridgehead atoms. The zero-order valence-corrected chi connectivity index (χ0v) is 16.1. The van der Waals surface area contributed by atoms with Crippen molar-refractivity contribution in [2.45, 2.75) is 6.92 Å². The number of amides is 1. The Bertz CT molecular complexity index is 1200. The fraction of sp³-hybridized carbons (Fsp3) is 0.0952. The third-order valence-corrected chi connectivity index (χ3v) is 4.34. The number of carbonyl (C=O) groups is 1. The van der Waals surface area contributed by atoms with Gasteiger partial charge in [0, 0.05) is 16.5 Å². The highest BCUT2D eigenvalue weighted by Gasteiger charge is 2.16. The van der Waals surface area contributed by atoms with Gasteiger partial charge in [-0.1, -0.05) is 47.0 Å². The van der Waals surface area contributed by atoms with E-state index in [0.717, 1.165) is 10.9 Å². The van der Waals surface area contributed by atoms with E-state index in [4.69, 9.17) is 25.2 Å². The summed E-state index contributed by atoms with van der Waals surface area (Å²) in [6.07, 6.45) is 2.93. The first-order chi connectivity index (χ1) is 14.1. The van der Waals surface area contributed by atoms with Crippen molar-refractivity contribution in [3.63, 3.8) is 0 Å². The highest BCUT2D eigenvalue weighted by molar-refractivity contribution is 6.32. The summed E-state index contributed by atoms with van der Waals surface area (Å²) in [5.74, 6) is 0.734. The third kappa shape index (κ3) is 4.14. The number of hydrogen-bond donors (Lipinski definition) is 1. The lowest BCUT2D eigenvalue weighted by Crippen LogP contribution is -2.07. The SMILES string of the molecule is CCOc1cccc2cc(-c3nnc(NC(=O)/C=C/c4ccccc4Cl)o3)oc12. The number of carbonyl (C=O) groups excluding carboxylic acids is 1. The van der Waals surface area contributed by atoms with Crippen molar-refractivity contribution >= 4 is 40.6 Å². The van der Waals surface area contributed by atoms with E-state index in [2.05, 4.69) is 15.5 Å². The molecule has 0 unspecified atom stereocenters. The molecule has 0 fully saturated rings. The summed E-state index contributed by atoms with van der Waals surface area (Å²) in [4.78, 5) is 12.1. The number of halogens is 1. The predicted molar refractivity (Wildman–Crippen MR) is 110 cm³/mol. The van der Waals surface area contributed by atoms with Crippen LogP contribution in [-0.4, -0.2) is 22.7 Å². The second kappa shape index (κ2) is 8.20. The van der Waals surface area contributed by atoms with Gasteiger partial charge in [-0.15, -0.1) is 5.10 Å². The Morgan fingerprint density at radius 3 is 2.86 bits per heavy atom. The molecule has 29 heavy (non-hydrogen) atoms. The van der Waals surface area contributed by atoms with Crippen molar-refractivity contribution in [2.24, 2.45) is 0 Å². The summed E-state index contributed by atoms with van der Waals surface area (Å²) in [5, 5.41) is 11.7. The van der Waals surface area contributed by atoms with Crippen LogP contribution in [0, 0.1) is 0 Å². The minimum absolute atomic E-state index is 0.0423. The minimum atomic E-state index is -0.427. The number of nitrogens with one attached hydrogen (secondary N) is 1. The summed E-state index contributed by atoms with van der Waals surface area (Å²) in [5.41, 5.74) is 1.32. The van der Waals surface area contributed by atoms with Crippen LogP contribution in [0.15, 0.2) is 63.4 Å². The number of aromatic nitrogens is 2. The Balaban J connectivity index is 1.50. The lowest BCUT2D eigenvalue weighted by atomic mass is 10.2. The molecule has 1 N–H and O–H groups in total. The Labute approximate surface area is 170 Å². The molecule has 0 aliphatic rings. The number of furan rings is 1. The molecule has 0 aliphatic carbocycles. The number of hydrogen-bond acceptors (Lipinski definition) is 6. The monoisotopic (exact) mass is 409 g/mol. The highest BCUT2D eigenvalue weighted by Crippen LogP contribution is 2.33. The van der Waals surface area contributed by atoms with Gasteiger partial charge < -0.3 is 13.6 Å². The molecular weight excluding hydrogens is 394 g/mol. The zero-order chi connectivity index (χ0) is 20.2. The molecule has 7 nitrogen and oxygen atoms in total. The van der Waals surface area contributed by atoms with Gasteiger partial charge in [0.2, 0.25) is 0 Å². The smallest absolute Gasteiger partial charge is 0.322 e. The molecule has 0 saturated carbocycles. The molecular formula is C21H16ClN3O4. The fourth-order valence-corrected chi connectivity index (χ4v) is 2.91. The van der Waals surface area contributed by atoms with E-state index < -0.39 is 5.91 Å². The molecule has 1 amide bonds. The quantitative estimate of drug-likeness (QED) is 0.441. The number of nitrogens with zero attached hydrogens (tertiary/aromatic N) is 2. The second-order valence-electron chi connectivity index (χ2n) is 5.97. The van der Waals surface area contributed by atoms with Gasteiger partial charge in [-0.05, 0) is 36.8 Å². The summed E-state index contributed by atoms with van der Waals surface area (Å²) >= 11 is 6.06. The van der Waals surface area contributed by atoms with Gasteiger partial charge >= 0.3 is 6.01 Å². The molecule has 0 radical (unpaired) electrons. The molecule has 4 aromatic rings. The summed E-state index contributed by atoms with van der Waals surface area (Å²) < 4.78 is 16.9. The van der Waals surface area contributed by atoms with Crippen LogP contribution < -0.4 is 10.1 Å². The number of benzene rings is 2. The van der Waals surface area contributed by atoms with Crippen molar-refractivity contribution in [3.8, 4) is 17.4 Å². The molecule has 0 atom stereocenters. The van der Waals surface area contributed by atoms with Crippen LogP contribution in [0.5, 0.6) is 5.75 Å². The Hall–Kier alpha value is -3.58. The standard InChI is InChI=1S/C21H16ClN3O4/c1-2-27-16-9-5-7-14-12-17(28-19(14)16)20-24-25-21(29-20)23-18(26)11-10-13-6-3-4-8-15(13)22/h3-12H,2H2,1H3,(H,23,25,26)/b11-10+. The van der Waals surface area contributed by atoms with Gasteiger partial charge in [-0.2, -0.15) is 0 Å². The fourth-order valence-electron chi connectivity index (χ4n) is 2.71. The normalized spacial score (nSPS) is 11.2. The molecule has 0 saturated heterocycles. The minimum Gasteiger partial charge on any atom is -0.490 e. The summed E-state index contributed by atoms with van der Waals surface area (Å²) in [6.45, 7) is 2.42. The van der Waals surface area contributed by atoms with Crippen LogP contribution in [0.3, 0.4) is 0 Å². The van der Waals surface area contributed by atoms with E-state index in [-0.39, 0.29) is 11.9 Å². The first-order valence-corrected chi connectivity index (χ1v) is 9.24. The van der Waals surface area contributed by atoms with Crippen LogP contribution >= 0.6 is 11.6 Å². The number of anilines is 1. The maximum Gasteiger partial charge on any atom is 0.322 e. The zero-order valence-electron chi connectivity index (χ0n) is 15.4. The lowest BCUT2D eigenvalue weighted by molar-refractivity contribution is -0.112. The summed E-state index contributed by atoms with van der Waals surface area (Å²) in [7, 11) is 0. The van der Waals surface area contributed by atoms with Gasteiger partial charge in [-0.3, -0.25) is 10.1 Å². The van der Waals surface area contributed by atoms with E-state index >= 15 is 0 Å². The van der Waals surface area contributed by atoms with Crippen LogP contribution in [0.25, 0.3) is 28.7 Å². The van der Waals surface area contributed by atoms with Crippen LogP contribution in [-0.2, 0) is 4.79 Å². The average Bonchev–Trinajstić information content (AvgIpc) is 3.35. The van der Waals surface area contributed by atoms with E-state index in [1.54, 1.807) is 24.3 Å². The van der Waals surface area contributed by atoms with Gasteiger partial charge in [0.15, 0.2) is 17.1 Å². The van der Waals surface area contributed by atoms with Crippen molar-refractivity contribution in [1.82, 2.24) is 10.2 Å². The van der Waals surface area contributed by atoms with E-state index in [0.29, 0.717) is 28.7 Å². The number of para-hydroxylation sites is 1. The van der Waals surface area contributed by atoms with Crippen LogP contribution in [0.1, 0.15) is 12.5 Å². The topological polar surface area (TPSA) is 90.4 Å². The van der Waals surface area contributed by atoms with Gasteiger partial charge in [0.05, 0.1) is 6.61 Å². The number of rotatable bonds is 6. The van der Waals surface area contributed by atoms with Gasteiger partial charge in [0.25, 0.3) is 11.8 Å². The summed E-state index contributed by atoms with van der Waals surface area (Å²) in [6, 6.07) is 14.5. The molecule has 0 aliphatic heterocycles. The largest absolute Gasteiger partial charge is 0.490 e. The number of fused-ring (bicyclic) bond motifs is 1. The first kappa shape index (κ1) is 18.8. The highest BCUT2D eigenvalue weighted by atomic mass is 35.5. The van der Waals surface area contributed by atoms with Crippen molar-refractivity contribution < 1.29 is 18.4 Å². The predicted octanol–water partition coefficient (Wildman–Crippen LogP) is 5.19. The van der Waals surface area contributed by atoms with Crippen molar-refractivity contribution in [2.75, 3.05) is 11.9 Å². The molecule has 4 rings (SSSR count). The number of ether oxygens (including phenoxy) is 1. The molecule has 0 spiro atoms. The Morgan fingerprint density at radius 2 is 2.03 bits per heavy atom. The van der Waals surface area contributed by atoms with E-state index in [9.17, 15) is 4.79 Å². The maximum atomic E-state index is 12.1. The van der Waals surface area contributed by atoms with Gasteiger partial charge in [-0.25, -0.2) is 0 Å². The molecule has 2 heterocycles.